The van der Waals surface area contributed by atoms with Crippen molar-refractivity contribution in [3.8, 4) is 5.75 Å². The zero-order valence-corrected chi connectivity index (χ0v) is 19.5. The summed E-state index contributed by atoms with van der Waals surface area (Å²) >= 11 is 0. The van der Waals surface area contributed by atoms with Crippen molar-refractivity contribution in [3.05, 3.63) is 65.7 Å². The van der Waals surface area contributed by atoms with Crippen LogP contribution >= 0.6 is 0 Å². The first kappa shape index (κ1) is 23.3. The van der Waals surface area contributed by atoms with Crippen LogP contribution in [0.15, 0.2) is 54.6 Å². The van der Waals surface area contributed by atoms with Gasteiger partial charge in [-0.05, 0) is 43.1 Å². The average Bonchev–Trinajstić information content (AvgIpc) is 3.22. The Labute approximate surface area is 196 Å². The number of methoxy groups -OCH3 is 1. The lowest BCUT2D eigenvalue weighted by molar-refractivity contribution is -0.126. The van der Waals surface area contributed by atoms with E-state index < -0.39 is 0 Å². The minimum absolute atomic E-state index is 0.0481. The van der Waals surface area contributed by atoms with Crippen LogP contribution in [0, 0.1) is 0 Å². The van der Waals surface area contributed by atoms with E-state index in [1.807, 2.05) is 42.5 Å². The normalized spacial score (nSPS) is 23.5. The average molecular weight is 451 g/mol. The van der Waals surface area contributed by atoms with Crippen molar-refractivity contribution in [1.82, 2.24) is 20.4 Å². The van der Waals surface area contributed by atoms with E-state index in [0.29, 0.717) is 19.5 Å². The third kappa shape index (κ3) is 5.72. The molecule has 2 heterocycles. The standard InChI is InChI=1S/C26H34N4O3/c1-29-21(10-13-24(31)27-16-19-6-4-3-5-7-19)17-28-26(32)25-23(29)14-15-30(25)18-20-8-11-22(33-2)12-9-20/h3-9,11-12,21,23,25H,10,13-18H2,1-2H3,(H,27,31)(H,28,32). The van der Waals surface area contributed by atoms with E-state index in [4.69, 9.17) is 4.74 Å². The molecular formula is C26H34N4O3. The monoisotopic (exact) mass is 450 g/mol. The number of hydrogen-bond acceptors (Lipinski definition) is 5. The van der Waals surface area contributed by atoms with E-state index in [9.17, 15) is 9.59 Å². The van der Waals surface area contributed by atoms with Crippen LogP contribution in [0.2, 0.25) is 0 Å². The molecule has 0 aromatic heterocycles. The van der Waals surface area contributed by atoms with Gasteiger partial charge in [-0.3, -0.25) is 19.4 Å². The molecule has 2 amide bonds. The van der Waals surface area contributed by atoms with Crippen LogP contribution in [-0.2, 0) is 22.7 Å². The number of rotatable bonds is 8. The van der Waals surface area contributed by atoms with E-state index in [1.165, 1.54) is 5.56 Å². The van der Waals surface area contributed by atoms with Crippen molar-refractivity contribution in [1.29, 1.82) is 0 Å². The second-order valence-electron chi connectivity index (χ2n) is 8.98. The van der Waals surface area contributed by atoms with Crippen LogP contribution in [0.4, 0.5) is 0 Å². The molecule has 3 atom stereocenters. The maximum atomic E-state index is 13.0. The summed E-state index contributed by atoms with van der Waals surface area (Å²) in [5.41, 5.74) is 2.26. The van der Waals surface area contributed by atoms with Gasteiger partial charge in [0, 0.05) is 44.7 Å². The molecule has 7 heteroatoms. The topological polar surface area (TPSA) is 73.9 Å². The summed E-state index contributed by atoms with van der Waals surface area (Å²) in [6, 6.07) is 18.1. The molecule has 7 nitrogen and oxygen atoms in total. The fourth-order valence-corrected chi connectivity index (χ4v) is 4.97. The maximum Gasteiger partial charge on any atom is 0.239 e. The van der Waals surface area contributed by atoms with E-state index in [0.717, 1.165) is 37.2 Å². The van der Waals surface area contributed by atoms with Crippen LogP contribution in [0.25, 0.3) is 0 Å². The molecule has 3 unspecified atom stereocenters. The summed E-state index contributed by atoms with van der Waals surface area (Å²) in [7, 11) is 3.76. The number of likely N-dealkylation sites (N-methyl/N-ethyl adjacent to an activating group) is 1. The second kappa shape index (κ2) is 10.8. The predicted molar refractivity (Wildman–Crippen MR) is 128 cm³/mol. The quantitative estimate of drug-likeness (QED) is 0.645. The molecular weight excluding hydrogens is 416 g/mol. The number of carbonyl (C=O) groups excluding carboxylic acids is 2. The Morgan fingerprint density at radius 3 is 2.61 bits per heavy atom. The van der Waals surface area contributed by atoms with Crippen molar-refractivity contribution in [2.24, 2.45) is 0 Å². The van der Waals surface area contributed by atoms with E-state index in [2.05, 4.69) is 39.6 Å². The van der Waals surface area contributed by atoms with Gasteiger partial charge in [0.25, 0.3) is 0 Å². The molecule has 2 N–H and O–H groups in total. The number of carbonyl (C=O) groups is 2. The van der Waals surface area contributed by atoms with Gasteiger partial charge in [-0.1, -0.05) is 42.5 Å². The Bertz CT molecular complexity index is 934. The smallest absolute Gasteiger partial charge is 0.239 e. The number of nitrogens with one attached hydrogen (secondary N) is 2. The zero-order valence-electron chi connectivity index (χ0n) is 19.5. The lowest BCUT2D eigenvalue weighted by Gasteiger charge is -2.33. The summed E-state index contributed by atoms with van der Waals surface area (Å²) in [5, 5.41) is 6.14. The van der Waals surface area contributed by atoms with Crippen molar-refractivity contribution >= 4 is 11.8 Å². The molecule has 2 fully saturated rings. The first-order valence-electron chi connectivity index (χ1n) is 11.7. The third-order valence-electron chi connectivity index (χ3n) is 6.93. The van der Waals surface area contributed by atoms with E-state index in [-0.39, 0.29) is 29.9 Å². The van der Waals surface area contributed by atoms with Gasteiger partial charge in [0.15, 0.2) is 0 Å². The number of amides is 2. The molecule has 0 bridgehead atoms. The summed E-state index contributed by atoms with van der Waals surface area (Å²) in [6.07, 6.45) is 2.12. The molecule has 0 aliphatic carbocycles. The summed E-state index contributed by atoms with van der Waals surface area (Å²) in [5.74, 6) is 0.974. The third-order valence-corrected chi connectivity index (χ3v) is 6.93. The predicted octanol–water partition coefficient (Wildman–Crippen LogP) is 2.16. The van der Waals surface area contributed by atoms with Crippen molar-refractivity contribution in [2.75, 3.05) is 27.2 Å². The largest absolute Gasteiger partial charge is 0.497 e. The van der Waals surface area contributed by atoms with Crippen LogP contribution in [0.5, 0.6) is 5.75 Å². The second-order valence-corrected chi connectivity index (χ2v) is 8.98. The van der Waals surface area contributed by atoms with Crippen LogP contribution in [0.3, 0.4) is 0 Å². The van der Waals surface area contributed by atoms with Gasteiger partial charge in [0.1, 0.15) is 11.8 Å². The molecule has 2 saturated heterocycles. The molecule has 33 heavy (non-hydrogen) atoms. The van der Waals surface area contributed by atoms with Gasteiger partial charge in [0.2, 0.25) is 11.8 Å². The van der Waals surface area contributed by atoms with Gasteiger partial charge in [-0.15, -0.1) is 0 Å². The molecule has 0 spiro atoms. The molecule has 0 saturated carbocycles. The molecule has 2 aliphatic heterocycles. The number of fused-ring (bicyclic) bond motifs is 1. The van der Waals surface area contributed by atoms with Gasteiger partial charge >= 0.3 is 0 Å². The Morgan fingerprint density at radius 2 is 1.88 bits per heavy atom. The van der Waals surface area contributed by atoms with Crippen molar-refractivity contribution in [2.45, 2.75) is 50.5 Å². The van der Waals surface area contributed by atoms with Gasteiger partial charge < -0.3 is 15.4 Å². The van der Waals surface area contributed by atoms with Crippen LogP contribution in [-0.4, -0.2) is 67.0 Å². The molecule has 2 aliphatic rings. The molecule has 4 rings (SSSR count). The first-order chi connectivity index (χ1) is 16.0. The highest BCUT2D eigenvalue weighted by atomic mass is 16.5. The van der Waals surface area contributed by atoms with E-state index >= 15 is 0 Å². The Balaban J connectivity index is 1.32. The Hall–Kier alpha value is -2.90. The van der Waals surface area contributed by atoms with Gasteiger partial charge in [-0.2, -0.15) is 0 Å². The summed E-state index contributed by atoms with van der Waals surface area (Å²) in [6.45, 7) is 2.73. The molecule has 176 valence electrons. The van der Waals surface area contributed by atoms with Gasteiger partial charge in [-0.25, -0.2) is 0 Å². The number of likely N-dealkylation sites (tertiary alicyclic amines) is 1. The molecule has 0 radical (unpaired) electrons. The molecule has 2 aromatic rings. The SMILES string of the molecule is COc1ccc(CN2CCC3C2C(=O)NCC(CCC(=O)NCc2ccccc2)N3C)cc1. The van der Waals surface area contributed by atoms with Crippen molar-refractivity contribution in [3.63, 3.8) is 0 Å². The highest BCUT2D eigenvalue weighted by Crippen LogP contribution is 2.29. The number of ether oxygens (including phenoxy) is 1. The first-order valence-corrected chi connectivity index (χ1v) is 11.7. The summed E-state index contributed by atoms with van der Waals surface area (Å²) < 4.78 is 5.25. The maximum absolute atomic E-state index is 13.0. The minimum Gasteiger partial charge on any atom is -0.497 e. The van der Waals surface area contributed by atoms with Crippen molar-refractivity contribution < 1.29 is 14.3 Å². The lowest BCUT2D eigenvalue weighted by Crippen LogP contribution is -2.49. The fraction of sp³-hybridized carbons (Fsp3) is 0.462. The Kier molecular flexibility index (Phi) is 7.62. The number of benzene rings is 2. The van der Waals surface area contributed by atoms with Crippen LogP contribution in [0.1, 0.15) is 30.4 Å². The zero-order chi connectivity index (χ0) is 23.2. The molecule has 2 aromatic carbocycles. The fourth-order valence-electron chi connectivity index (χ4n) is 4.97. The minimum atomic E-state index is -0.172. The number of nitrogens with zero attached hydrogens (tertiary/aromatic N) is 2. The highest BCUT2D eigenvalue weighted by molar-refractivity contribution is 5.83. The lowest BCUT2D eigenvalue weighted by atomic mass is 10.0. The highest BCUT2D eigenvalue weighted by Gasteiger charge is 2.44. The Morgan fingerprint density at radius 1 is 1.12 bits per heavy atom. The van der Waals surface area contributed by atoms with Crippen LogP contribution < -0.4 is 15.4 Å². The van der Waals surface area contributed by atoms with E-state index in [1.54, 1.807) is 7.11 Å². The number of hydrogen-bond donors (Lipinski definition) is 2. The van der Waals surface area contributed by atoms with Gasteiger partial charge in [0.05, 0.1) is 7.11 Å². The summed E-state index contributed by atoms with van der Waals surface area (Å²) in [4.78, 5) is 30.0.